The highest BCUT2D eigenvalue weighted by molar-refractivity contribution is 5.97. The molecule has 16 heteroatoms. The number of unbranched alkanes of at least 4 members (excludes halogenated alkanes) is 1. The summed E-state index contributed by atoms with van der Waals surface area (Å²) < 4.78 is 0. The molecule has 16 nitrogen and oxygen atoms in total. The van der Waals surface area contributed by atoms with Crippen LogP contribution in [-0.4, -0.2) is 96.3 Å². The molecule has 0 radical (unpaired) electrons. The van der Waals surface area contributed by atoms with Crippen LogP contribution in [0.3, 0.4) is 0 Å². The highest BCUT2D eigenvalue weighted by atomic mass is 16.3. The smallest absolute Gasteiger partial charge is 0.245 e. The molecule has 5 amide bonds. The van der Waals surface area contributed by atoms with Gasteiger partial charge in [-0.25, -0.2) is 0 Å². The van der Waals surface area contributed by atoms with Crippen molar-refractivity contribution in [2.75, 3.05) is 19.7 Å². The van der Waals surface area contributed by atoms with Gasteiger partial charge in [-0.15, -0.1) is 0 Å². The first-order valence-electron chi connectivity index (χ1n) is 19.7. The summed E-state index contributed by atoms with van der Waals surface area (Å²) >= 11 is 0. The van der Waals surface area contributed by atoms with Crippen LogP contribution in [-0.2, 0) is 35.2 Å². The summed E-state index contributed by atoms with van der Waals surface area (Å²) in [7, 11) is 0. The Balaban J connectivity index is 3.25. The molecule has 2 unspecified atom stereocenters. The van der Waals surface area contributed by atoms with Crippen molar-refractivity contribution in [2.24, 2.45) is 45.4 Å². The summed E-state index contributed by atoms with van der Waals surface area (Å²) in [6, 6.07) is 3.48. The molecule has 0 fully saturated rings. The molecule has 0 bridgehead atoms. The number of aliphatic hydroxyl groups excluding tert-OH is 1. The molecule has 0 aromatic heterocycles. The lowest BCUT2D eigenvalue weighted by atomic mass is 9.85. The number of nitrogens with two attached hydrogens (primary N) is 3. The zero-order valence-electron chi connectivity index (χ0n) is 34.7. The van der Waals surface area contributed by atoms with Gasteiger partial charge in [0, 0.05) is 18.4 Å². The number of hydrogen-bond acceptors (Lipinski definition) is 9. The second kappa shape index (κ2) is 24.8. The first kappa shape index (κ1) is 49.4. The molecular weight excluding hydrogens is 718 g/mol. The molecule has 12 N–H and O–H groups in total. The van der Waals surface area contributed by atoms with Crippen molar-refractivity contribution in [3.05, 3.63) is 35.9 Å². The summed E-state index contributed by atoms with van der Waals surface area (Å²) in [6.45, 7) is 14.5. The maximum atomic E-state index is 13.9. The van der Waals surface area contributed by atoms with E-state index in [-0.39, 0.29) is 61.2 Å². The molecule has 56 heavy (non-hydrogen) atoms. The van der Waals surface area contributed by atoms with Crippen LogP contribution in [0, 0.1) is 23.2 Å². The Kier molecular flexibility index (Phi) is 21.9. The highest BCUT2D eigenvalue weighted by Gasteiger charge is 2.34. The van der Waals surface area contributed by atoms with Crippen LogP contribution in [0.5, 0.6) is 0 Å². The van der Waals surface area contributed by atoms with E-state index in [2.05, 4.69) is 31.6 Å². The summed E-state index contributed by atoms with van der Waals surface area (Å²) in [4.78, 5) is 84.9. The zero-order valence-corrected chi connectivity index (χ0v) is 34.7. The average Bonchev–Trinajstić information content (AvgIpc) is 3.11. The van der Waals surface area contributed by atoms with Crippen molar-refractivity contribution in [3.63, 3.8) is 0 Å². The standard InChI is InChI=1S/C40H69N9O7/c1-24(2)32(38(56)48-31(23-50)37(55)47-30(33(51)25(3)4)21-27-15-10-9-11-16-27)49-36(54)29(18-14-20-44-39(42)43)46-35(53)28(17-12-13-19-41)45-34(52)26(5)22-40(6,7)8/h9-11,15-16,24-26,28-32,50H,12-14,17-23,41H2,1-8H3,(H,45,52)(H,46,53)(H,47,55)(H,48,56)(H,49,54)(H4,42,43,44)/t26?,28-,29-,30-,31-,32?/m0/s1. The fourth-order valence-electron chi connectivity index (χ4n) is 6.12. The molecule has 0 saturated carbocycles. The number of carbonyl (C=O) groups excluding carboxylic acids is 6. The van der Waals surface area contributed by atoms with Gasteiger partial charge in [0.15, 0.2) is 11.7 Å². The molecule has 0 aliphatic heterocycles. The van der Waals surface area contributed by atoms with E-state index in [1.54, 1.807) is 34.6 Å². The molecule has 1 aromatic rings. The van der Waals surface area contributed by atoms with Gasteiger partial charge in [0.1, 0.15) is 24.2 Å². The molecule has 0 heterocycles. The van der Waals surface area contributed by atoms with Crippen LogP contribution >= 0.6 is 0 Å². The Labute approximate surface area is 332 Å². The van der Waals surface area contributed by atoms with Crippen molar-refractivity contribution in [1.82, 2.24) is 26.6 Å². The first-order valence-corrected chi connectivity index (χ1v) is 19.7. The number of benzene rings is 1. The molecule has 0 spiro atoms. The van der Waals surface area contributed by atoms with Gasteiger partial charge in [0.05, 0.1) is 12.6 Å². The topological polar surface area (TPSA) is 273 Å². The lowest BCUT2D eigenvalue weighted by molar-refractivity contribution is -0.136. The van der Waals surface area contributed by atoms with E-state index in [9.17, 15) is 33.9 Å². The van der Waals surface area contributed by atoms with Crippen LogP contribution in [0.25, 0.3) is 0 Å². The van der Waals surface area contributed by atoms with Gasteiger partial charge in [-0.3, -0.25) is 33.8 Å². The van der Waals surface area contributed by atoms with Gasteiger partial charge >= 0.3 is 0 Å². The summed E-state index contributed by atoms with van der Waals surface area (Å²) in [5.41, 5.74) is 17.3. The van der Waals surface area contributed by atoms with Crippen LogP contribution in [0.2, 0.25) is 0 Å². The van der Waals surface area contributed by atoms with E-state index in [0.29, 0.717) is 25.8 Å². The minimum absolute atomic E-state index is 0.0824. The molecular formula is C40H69N9O7. The van der Waals surface area contributed by atoms with Crippen molar-refractivity contribution >= 4 is 41.3 Å². The van der Waals surface area contributed by atoms with Crippen molar-refractivity contribution < 1.29 is 33.9 Å². The molecule has 1 rings (SSSR count). The number of carbonyl (C=O) groups is 6. The predicted molar refractivity (Wildman–Crippen MR) is 218 cm³/mol. The van der Waals surface area contributed by atoms with Gasteiger partial charge in [0.2, 0.25) is 29.5 Å². The van der Waals surface area contributed by atoms with E-state index in [0.717, 1.165) is 5.56 Å². The summed E-state index contributed by atoms with van der Waals surface area (Å²) in [5, 5.41) is 23.7. The Morgan fingerprint density at radius 3 is 1.73 bits per heavy atom. The SMILES string of the molecule is CC(C)C(=O)[C@H](Cc1ccccc1)NC(=O)[C@H](CO)NC(=O)C(NC(=O)[C@H](CCCN=C(N)N)NC(=O)[C@H](CCCCN)NC(=O)C(C)CC(C)(C)C)C(C)C. The highest BCUT2D eigenvalue weighted by Crippen LogP contribution is 2.24. The molecule has 316 valence electrons. The van der Waals surface area contributed by atoms with Gasteiger partial charge in [-0.2, -0.15) is 0 Å². The Morgan fingerprint density at radius 1 is 0.696 bits per heavy atom. The van der Waals surface area contributed by atoms with Crippen molar-refractivity contribution in [2.45, 2.75) is 131 Å². The van der Waals surface area contributed by atoms with Gasteiger partial charge < -0.3 is 48.9 Å². The number of ketones is 1. The molecule has 0 aliphatic rings. The van der Waals surface area contributed by atoms with E-state index in [4.69, 9.17) is 17.2 Å². The van der Waals surface area contributed by atoms with Crippen LogP contribution < -0.4 is 43.8 Å². The maximum absolute atomic E-state index is 13.9. The monoisotopic (exact) mass is 788 g/mol. The van der Waals surface area contributed by atoms with Crippen molar-refractivity contribution in [1.29, 1.82) is 0 Å². The molecule has 0 saturated heterocycles. The quantitative estimate of drug-likeness (QED) is 0.0382. The van der Waals surface area contributed by atoms with Crippen LogP contribution in [0.15, 0.2) is 35.3 Å². The zero-order chi connectivity index (χ0) is 42.6. The van der Waals surface area contributed by atoms with Gasteiger partial charge in [0.25, 0.3) is 0 Å². The number of aliphatic hydroxyl groups is 1. The Morgan fingerprint density at radius 2 is 1.21 bits per heavy atom. The van der Waals surface area contributed by atoms with E-state index in [1.807, 2.05) is 51.1 Å². The predicted octanol–water partition coefficient (Wildman–Crippen LogP) is 0.781. The van der Waals surface area contributed by atoms with Crippen LogP contribution in [0.4, 0.5) is 0 Å². The number of nitrogens with zero attached hydrogens (tertiary/aromatic N) is 1. The Hall–Kier alpha value is -4.57. The van der Waals surface area contributed by atoms with Gasteiger partial charge in [-0.1, -0.05) is 85.7 Å². The third-order valence-electron chi connectivity index (χ3n) is 9.10. The molecule has 0 aliphatic carbocycles. The summed E-state index contributed by atoms with van der Waals surface area (Å²) in [6.07, 6.45) is 2.64. The van der Waals surface area contributed by atoms with E-state index < -0.39 is 72.3 Å². The normalized spacial score (nSPS) is 14.7. The molecule has 6 atom stereocenters. The van der Waals surface area contributed by atoms with E-state index >= 15 is 0 Å². The number of nitrogens with one attached hydrogen (secondary N) is 5. The second-order valence-corrected chi connectivity index (χ2v) is 16.3. The number of amides is 5. The lowest BCUT2D eigenvalue weighted by Crippen LogP contribution is -2.60. The average molecular weight is 788 g/mol. The third kappa shape index (κ3) is 18.8. The number of guanidine groups is 1. The summed E-state index contributed by atoms with van der Waals surface area (Å²) in [5.74, 6) is -4.72. The van der Waals surface area contributed by atoms with Crippen LogP contribution in [0.1, 0.15) is 99.5 Å². The van der Waals surface area contributed by atoms with Gasteiger partial charge in [-0.05, 0) is 68.4 Å². The number of hydrogen-bond donors (Lipinski definition) is 9. The number of Topliss-reactive ketones (excluding diaryl/α,β-unsaturated/α-hetero) is 1. The lowest BCUT2D eigenvalue weighted by Gasteiger charge is -2.29. The number of rotatable bonds is 25. The largest absolute Gasteiger partial charge is 0.394 e. The Bertz CT molecular complexity index is 1440. The maximum Gasteiger partial charge on any atom is 0.245 e. The molecule has 1 aromatic carbocycles. The second-order valence-electron chi connectivity index (χ2n) is 16.3. The fraction of sp³-hybridized carbons (Fsp3) is 0.675. The van der Waals surface area contributed by atoms with Crippen molar-refractivity contribution in [3.8, 4) is 0 Å². The fourth-order valence-corrected chi connectivity index (χ4v) is 6.12. The van der Waals surface area contributed by atoms with E-state index in [1.165, 1.54) is 0 Å². The minimum Gasteiger partial charge on any atom is -0.394 e. The number of aliphatic imine (C=N–C) groups is 1. The third-order valence-corrected chi connectivity index (χ3v) is 9.10. The minimum atomic E-state index is -1.44. The first-order chi connectivity index (χ1) is 26.2.